The van der Waals surface area contributed by atoms with E-state index in [-0.39, 0.29) is 41.3 Å². The van der Waals surface area contributed by atoms with E-state index in [1.165, 1.54) is 12.1 Å². The molecule has 0 heterocycles. The average molecular weight is 481 g/mol. The Balaban J connectivity index is 0. The summed E-state index contributed by atoms with van der Waals surface area (Å²) < 4.78 is 6.15. The van der Waals surface area contributed by atoms with E-state index in [4.69, 9.17) is 14.9 Å². The molecule has 0 bridgehead atoms. The van der Waals surface area contributed by atoms with Crippen LogP contribution >= 0.6 is 17.0 Å². The first kappa shape index (κ1) is 29.0. The summed E-state index contributed by atoms with van der Waals surface area (Å²) in [6.07, 6.45) is -1.02. The molecule has 0 spiro atoms. The number of halogens is 1. The van der Waals surface area contributed by atoms with E-state index >= 15 is 0 Å². The van der Waals surface area contributed by atoms with Crippen molar-refractivity contribution in [3.63, 3.8) is 0 Å². The predicted molar refractivity (Wildman–Crippen MR) is 113 cm³/mol. The second-order valence-electron chi connectivity index (χ2n) is 8.46. The van der Waals surface area contributed by atoms with Gasteiger partial charge in [-0.1, -0.05) is 12.1 Å². The number of hydrogen-bond donors (Lipinski definition) is 3. The van der Waals surface area contributed by atoms with Crippen LogP contribution < -0.4 is 0 Å². The van der Waals surface area contributed by atoms with Crippen molar-refractivity contribution >= 4 is 34.9 Å². The van der Waals surface area contributed by atoms with E-state index in [1.807, 2.05) is 42.3 Å². The number of hydrogen-bond acceptors (Lipinski definition) is 5. The second-order valence-corrected chi connectivity index (χ2v) is 8.46. The molecule has 0 radical (unpaired) electrons. The molecule has 1 atom stereocenters. The maximum Gasteiger partial charge on any atom is 0.359 e. The summed E-state index contributed by atoms with van der Waals surface area (Å²) in [6, 6.07) is 6.00. The molecule has 1 aromatic carbocycles. The van der Waals surface area contributed by atoms with Crippen LogP contribution in [-0.2, 0) is 14.3 Å². The standard InChI is InChI=1S/C14H19NO5.C5H11NO2.BrH/c1-15(2,3)9-10(8-13(17)18)20-14(19)11-6-4-5-7-12(11)16;1-6(2,3)4-5(7)8;/h4-7,10H,8-9H2,1-3H3,(H-,16,17,18,19);4H2,1-3H3;1H/p+2/t10-;;/m1../s1. The molecule has 0 saturated heterocycles. The van der Waals surface area contributed by atoms with Crippen LogP contribution in [0.25, 0.3) is 0 Å². The van der Waals surface area contributed by atoms with Crippen molar-refractivity contribution in [1.82, 2.24) is 0 Å². The number of ether oxygens (including phenoxy) is 1. The summed E-state index contributed by atoms with van der Waals surface area (Å²) in [6.45, 7) is 0.547. The van der Waals surface area contributed by atoms with Gasteiger partial charge in [0.2, 0.25) is 0 Å². The van der Waals surface area contributed by atoms with Gasteiger partial charge in [-0.3, -0.25) is 4.79 Å². The minimum absolute atomic E-state index is 0. The van der Waals surface area contributed by atoms with Gasteiger partial charge >= 0.3 is 17.9 Å². The van der Waals surface area contributed by atoms with Crippen LogP contribution in [0.3, 0.4) is 0 Å². The maximum absolute atomic E-state index is 12.0. The number of likely N-dealkylation sites (N-methyl/N-ethyl adjacent to an activating group) is 2. The number of phenols is 1. The van der Waals surface area contributed by atoms with E-state index in [1.54, 1.807) is 12.1 Å². The van der Waals surface area contributed by atoms with Crippen LogP contribution in [0.5, 0.6) is 5.75 Å². The first-order chi connectivity index (χ1) is 12.6. The fourth-order valence-electron chi connectivity index (χ4n) is 2.22. The molecule has 9 nitrogen and oxygen atoms in total. The molecule has 10 heteroatoms. The molecule has 0 fully saturated rings. The van der Waals surface area contributed by atoms with Crippen molar-refractivity contribution in [1.29, 1.82) is 0 Å². The smallest absolute Gasteiger partial charge is 0.359 e. The van der Waals surface area contributed by atoms with E-state index in [0.717, 1.165) is 0 Å². The van der Waals surface area contributed by atoms with Gasteiger partial charge in [0.05, 0.1) is 48.7 Å². The lowest BCUT2D eigenvalue weighted by atomic mass is 10.2. The van der Waals surface area contributed by atoms with Crippen LogP contribution in [-0.4, -0.2) is 104 Å². The quantitative estimate of drug-likeness (QED) is 0.380. The van der Waals surface area contributed by atoms with Gasteiger partial charge in [-0.15, -0.1) is 17.0 Å². The van der Waals surface area contributed by atoms with Crippen molar-refractivity contribution in [2.45, 2.75) is 12.5 Å². The molecular formula is C19H33BrN2O7+2. The number of carbonyl (C=O) groups excluding carboxylic acids is 1. The van der Waals surface area contributed by atoms with Gasteiger partial charge in [-0.2, -0.15) is 0 Å². The third-order valence-corrected chi connectivity index (χ3v) is 3.16. The number of carboxylic acid groups (broad SMARTS) is 2. The molecule has 0 aliphatic heterocycles. The number of carboxylic acids is 2. The molecule has 0 aliphatic carbocycles. The van der Waals surface area contributed by atoms with E-state index in [0.29, 0.717) is 15.5 Å². The number of benzene rings is 1. The van der Waals surface area contributed by atoms with Gasteiger partial charge in [0.15, 0.2) is 12.6 Å². The van der Waals surface area contributed by atoms with E-state index in [9.17, 15) is 19.5 Å². The molecule has 3 N–H and O–H groups in total. The number of phenolic OH excluding ortho intramolecular Hbond substituents is 1. The number of quaternary nitrogens is 2. The Bertz CT molecular complexity index is 682. The van der Waals surface area contributed by atoms with Crippen LogP contribution in [0.15, 0.2) is 24.3 Å². The van der Waals surface area contributed by atoms with Crippen LogP contribution in [0.2, 0.25) is 0 Å². The summed E-state index contributed by atoms with van der Waals surface area (Å²) in [7, 11) is 11.2. The second kappa shape index (κ2) is 12.4. The molecule has 0 aliphatic rings. The molecule has 0 unspecified atom stereocenters. The van der Waals surface area contributed by atoms with Crippen molar-refractivity contribution in [2.75, 3.05) is 55.4 Å². The maximum atomic E-state index is 12.0. The predicted octanol–water partition coefficient (Wildman–Crippen LogP) is 1.45. The highest BCUT2D eigenvalue weighted by atomic mass is 79.9. The number of carbonyl (C=O) groups is 3. The summed E-state index contributed by atoms with van der Waals surface area (Å²) in [4.78, 5) is 32.8. The monoisotopic (exact) mass is 480 g/mol. The van der Waals surface area contributed by atoms with Gasteiger partial charge in [-0.05, 0) is 12.1 Å². The summed E-state index contributed by atoms with van der Waals surface area (Å²) in [5.74, 6) is -2.69. The summed E-state index contributed by atoms with van der Waals surface area (Å²) >= 11 is 0. The Morgan fingerprint density at radius 2 is 1.45 bits per heavy atom. The molecular weight excluding hydrogens is 448 g/mol. The molecule has 1 rings (SSSR count). The number of aromatic hydroxyl groups is 1. The van der Waals surface area contributed by atoms with Crippen LogP contribution in [0, 0.1) is 0 Å². The lowest BCUT2D eigenvalue weighted by molar-refractivity contribution is -0.873. The van der Waals surface area contributed by atoms with E-state index < -0.39 is 24.0 Å². The van der Waals surface area contributed by atoms with Crippen molar-refractivity contribution in [3.8, 4) is 5.75 Å². The van der Waals surface area contributed by atoms with Gasteiger partial charge in [0.1, 0.15) is 17.9 Å². The zero-order valence-electron chi connectivity index (χ0n) is 17.8. The van der Waals surface area contributed by atoms with Gasteiger partial charge < -0.3 is 29.0 Å². The average Bonchev–Trinajstić information content (AvgIpc) is 2.42. The number of nitrogens with zero attached hydrogens (tertiary/aromatic N) is 2. The zero-order valence-corrected chi connectivity index (χ0v) is 19.5. The van der Waals surface area contributed by atoms with Gasteiger partial charge in [-0.25, -0.2) is 9.59 Å². The Kier molecular flexibility index (Phi) is 12.4. The first-order valence-corrected chi connectivity index (χ1v) is 8.64. The Morgan fingerprint density at radius 3 is 1.79 bits per heavy atom. The van der Waals surface area contributed by atoms with Crippen molar-refractivity contribution < 1.29 is 43.4 Å². The molecule has 0 amide bonds. The summed E-state index contributed by atoms with van der Waals surface area (Å²) in [5.41, 5.74) is 0.0318. The molecule has 0 saturated carbocycles. The summed E-state index contributed by atoms with van der Waals surface area (Å²) in [5, 5.41) is 26.7. The molecule has 1 aromatic rings. The number of aliphatic carboxylic acids is 2. The first-order valence-electron chi connectivity index (χ1n) is 8.64. The van der Waals surface area contributed by atoms with Crippen molar-refractivity contribution in [2.24, 2.45) is 0 Å². The van der Waals surface area contributed by atoms with Crippen molar-refractivity contribution in [3.05, 3.63) is 29.8 Å². The van der Waals surface area contributed by atoms with E-state index in [2.05, 4.69) is 0 Å². The topological polar surface area (TPSA) is 121 Å². The Morgan fingerprint density at radius 1 is 0.931 bits per heavy atom. The Labute approximate surface area is 182 Å². The highest BCUT2D eigenvalue weighted by molar-refractivity contribution is 8.93. The molecule has 166 valence electrons. The number of rotatable bonds is 8. The fourth-order valence-corrected chi connectivity index (χ4v) is 2.22. The van der Waals surface area contributed by atoms with Gasteiger partial charge in [0.25, 0.3) is 0 Å². The van der Waals surface area contributed by atoms with Crippen LogP contribution in [0.1, 0.15) is 16.8 Å². The molecule has 29 heavy (non-hydrogen) atoms. The fraction of sp³-hybridized carbons (Fsp3) is 0.526. The highest BCUT2D eigenvalue weighted by Crippen LogP contribution is 2.18. The lowest BCUT2D eigenvalue weighted by Crippen LogP contribution is -2.43. The van der Waals surface area contributed by atoms with Gasteiger partial charge in [0, 0.05) is 0 Å². The zero-order chi connectivity index (χ0) is 22.1. The minimum atomic E-state index is -1.03. The molecule has 0 aromatic heterocycles. The minimum Gasteiger partial charge on any atom is -0.507 e. The number of esters is 1. The highest BCUT2D eigenvalue weighted by Gasteiger charge is 2.26. The SMILES string of the molecule is Br.C[N+](C)(C)CC(=O)O.C[N+](C)(C)C[C@@H](CC(=O)O)OC(=O)c1ccccc1O. The normalized spacial score (nSPS) is 11.9. The Hall–Kier alpha value is -2.17. The lowest BCUT2D eigenvalue weighted by Gasteiger charge is -2.28. The largest absolute Gasteiger partial charge is 0.507 e. The number of para-hydroxylation sites is 1. The van der Waals surface area contributed by atoms with Crippen LogP contribution in [0.4, 0.5) is 0 Å². The third kappa shape index (κ3) is 15.4. The third-order valence-electron chi connectivity index (χ3n) is 3.16.